The molecule has 5 rings (SSSR count). The first-order valence-corrected chi connectivity index (χ1v) is 10.4. The Labute approximate surface area is 194 Å². The molecule has 0 spiro atoms. The molecule has 0 heterocycles. The zero-order valence-corrected chi connectivity index (χ0v) is 19.5. The van der Waals surface area contributed by atoms with Gasteiger partial charge >= 0.3 is 170 Å². The van der Waals surface area contributed by atoms with Crippen LogP contribution >= 0.6 is 0 Å². The molecule has 1 unspecified atom stereocenters. The van der Waals surface area contributed by atoms with Gasteiger partial charge in [0.15, 0.2) is 0 Å². The molecule has 3 aromatic rings. The molecule has 2 aliphatic carbocycles. The van der Waals surface area contributed by atoms with Gasteiger partial charge in [-0.15, -0.1) is 0 Å². The second-order valence-electron chi connectivity index (χ2n) is 7.25. The van der Waals surface area contributed by atoms with Gasteiger partial charge in [-0.3, -0.25) is 0 Å². The van der Waals surface area contributed by atoms with Gasteiger partial charge in [0.25, 0.3) is 0 Å². The van der Waals surface area contributed by atoms with E-state index in [1.54, 1.807) is 33.6 Å². The Morgan fingerprint density at radius 3 is 2.32 bits per heavy atom. The molecule has 0 aromatic heterocycles. The largest absolute Gasteiger partial charge is 1.00 e. The van der Waals surface area contributed by atoms with Gasteiger partial charge in [0, 0.05) is 0 Å². The van der Waals surface area contributed by atoms with Crippen LogP contribution in [0.2, 0.25) is 0 Å². The summed E-state index contributed by atoms with van der Waals surface area (Å²) in [5.41, 5.74) is 8.68. The van der Waals surface area contributed by atoms with Gasteiger partial charge in [-0.1, -0.05) is 0 Å². The SMILES string of the molecule is CC1=[C]([Zr+2])CC(C2C(c3cccc4ccccc34)=Cc3ccccc32)=C1.[Cl-].[Cl-]. The molecule has 0 N–H and O–H groups in total. The van der Waals surface area contributed by atoms with Crippen molar-refractivity contribution in [1.29, 1.82) is 0 Å². The van der Waals surface area contributed by atoms with E-state index in [0.717, 1.165) is 6.42 Å². The van der Waals surface area contributed by atoms with E-state index in [4.69, 9.17) is 0 Å². The van der Waals surface area contributed by atoms with E-state index in [2.05, 4.69) is 85.8 Å². The first-order chi connectivity index (χ1) is 12.7. The molecule has 1 atom stereocenters. The van der Waals surface area contributed by atoms with Crippen LogP contribution in [0.5, 0.6) is 0 Å². The molecule has 0 saturated heterocycles. The number of rotatable bonds is 2. The molecule has 0 saturated carbocycles. The van der Waals surface area contributed by atoms with Crippen molar-refractivity contribution in [3.05, 3.63) is 104 Å². The molecular formula is C25H19Cl2Zr. The summed E-state index contributed by atoms with van der Waals surface area (Å²) in [4.78, 5) is 0. The Hall–Kier alpha value is -1.40. The summed E-state index contributed by atoms with van der Waals surface area (Å²) >= 11 is 1.55. The standard InChI is InChI=1S/C25H19.2ClH.Zr/c1-17-13-14-20(15-17)25-22-11-5-3-8-19(22)16-24(25)23-12-6-9-18-7-2-4-10-21(18)23;;;/h2-12,15-16,25H,14H2,1H3;2*1H;/q;;;+2/p-2. The molecule has 3 aromatic carbocycles. The summed E-state index contributed by atoms with van der Waals surface area (Å²) in [6, 6.07) is 24.4. The monoisotopic (exact) mass is 479 g/mol. The first-order valence-electron chi connectivity index (χ1n) is 9.13. The fraction of sp³-hybridized carbons (Fsp3) is 0.120. The van der Waals surface area contributed by atoms with Crippen LogP contribution in [0.25, 0.3) is 22.4 Å². The van der Waals surface area contributed by atoms with Gasteiger partial charge in [0.05, 0.1) is 0 Å². The van der Waals surface area contributed by atoms with E-state index in [-0.39, 0.29) is 24.8 Å². The molecule has 0 amide bonds. The molecule has 137 valence electrons. The molecule has 3 heteroatoms. The van der Waals surface area contributed by atoms with Crippen molar-refractivity contribution in [3.8, 4) is 0 Å². The minimum absolute atomic E-state index is 0. The Morgan fingerprint density at radius 2 is 1.54 bits per heavy atom. The van der Waals surface area contributed by atoms with Crippen molar-refractivity contribution < 1.29 is 49.5 Å². The third kappa shape index (κ3) is 3.50. The summed E-state index contributed by atoms with van der Waals surface area (Å²) in [5, 5.41) is 2.67. The Balaban J connectivity index is 0.00000112. The third-order valence-electron chi connectivity index (χ3n) is 5.66. The smallest absolute Gasteiger partial charge is 1.00 e. The summed E-state index contributed by atoms with van der Waals surface area (Å²) < 4.78 is 1.59. The molecule has 0 fully saturated rings. The predicted molar refractivity (Wildman–Crippen MR) is 106 cm³/mol. The van der Waals surface area contributed by atoms with E-state index in [1.165, 1.54) is 38.6 Å². The second kappa shape index (κ2) is 8.54. The quantitative estimate of drug-likeness (QED) is 0.504. The van der Waals surface area contributed by atoms with E-state index in [9.17, 15) is 0 Å². The van der Waals surface area contributed by atoms with Crippen LogP contribution < -0.4 is 24.8 Å². The molecule has 28 heavy (non-hydrogen) atoms. The number of halogens is 2. The van der Waals surface area contributed by atoms with Crippen LogP contribution in [0.15, 0.2) is 87.2 Å². The number of allylic oxidation sites excluding steroid dienone is 5. The maximum absolute atomic E-state index is 2.44. The van der Waals surface area contributed by atoms with Crippen molar-refractivity contribution in [1.82, 2.24) is 0 Å². The molecule has 2 aliphatic rings. The van der Waals surface area contributed by atoms with Crippen molar-refractivity contribution in [2.75, 3.05) is 0 Å². The van der Waals surface area contributed by atoms with Crippen molar-refractivity contribution in [3.63, 3.8) is 0 Å². The minimum atomic E-state index is 0. The number of hydrogen-bond acceptors (Lipinski definition) is 0. The average molecular weight is 482 g/mol. The van der Waals surface area contributed by atoms with E-state index in [1.807, 2.05) is 0 Å². The number of fused-ring (bicyclic) bond motifs is 2. The predicted octanol–water partition coefficient (Wildman–Crippen LogP) is 0.637. The Kier molecular flexibility index (Phi) is 6.50. The first kappa shape index (κ1) is 21.3. The van der Waals surface area contributed by atoms with Crippen LogP contribution in [0, 0.1) is 0 Å². The number of benzene rings is 3. The fourth-order valence-corrected chi connectivity index (χ4v) is 5.06. The van der Waals surface area contributed by atoms with Gasteiger partial charge in [-0.05, 0) is 0 Å². The van der Waals surface area contributed by atoms with Gasteiger partial charge < -0.3 is 24.8 Å². The number of hydrogen-bond donors (Lipinski definition) is 0. The molecule has 0 aliphatic heterocycles. The normalized spacial score (nSPS) is 17.6. The topological polar surface area (TPSA) is 0 Å². The zero-order chi connectivity index (χ0) is 17.7. The van der Waals surface area contributed by atoms with E-state index < -0.39 is 0 Å². The average Bonchev–Trinajstić information content (AvgIpc) is 3.21. The van der Waals surface area contributed by atoms with Crippen molar-refractivity contribution in [2.24, 2.45) is 0 Å². The fourth-order valence-electron chi connectivity index (χ4n) is 4.38. The maximum atomic E-state index is 2.44. The minimum Gasteiger partial charge on any atom is -1.00 e. The van der Waals surface area contributed by atoms with Gasteiger partial charge in [-0.2, -0.15) is 0 Å². The van der Waals surface area contributed by atoms with Crippen molar-refractivity contribution in [2.45, 2.75) is 19.3 Å². The summed E-state index contributed by atoms with van der Waals surface area (Å²) in [6.45, 7) is 2.26. The Morgan fingerprint density at radius 1 is 0.821 bits per heavy atom. The Bertz CT molecular complexity index is 1130. The van der Waals surface area contributed by atoms with Gasteiger partial charge in [0.2, 0.25) is 0 Å². The maximum Gasteiger partial charge on any atom is -1.00 e. The zero-order valence-electron chi connectivity index (χ0n) is 15.5. The van der Waals surface area contributed by atoms with Crippen LogP contribution in [0.4, 0.5) is 0 Å². The summed E-state index contributed by atoms with van der Waals surface area (Å²) in [5.74, 6) is 0.380. The van der Waals surface area contributed by atoms with Gasteiger partial charge in [-0.25, -0.2) is 0 Å². The van der Waals surface area contributed by atoms with E-state index in [0.29, 0.717) is 5.92 Å². The third-order valence-corrected chi connectivity index (χ3v) is 7.06. The summed E-state index contributed by atoms with van der Waals surface area (Å²) in [6.07, 6.45) is 5.99. The van der Waals surface area contributed by atoms with Crippen LogP contribution in [0.3, 0.4) is 0 Å². The van der Waals surface area contributed by atoms with Crippen molar-refractivity contribution >= 4 is 22.4 Å². The van der Waals surface area contributed by atoms with Crippen LogP contribution in [0.1, 0.15) is 36.0 Å². The molecule has 0 nitrogen and oxygen atoms in total. The van der Waals surface area contributed by atoms with Crippen LogP contribution in [-0.2, 0) is 24.7 Å². The van der Waals surface area contributed by atoms with Gasteiger partial charge in [0.1, 0.15) is 0 Å². The second-order valence-corrected chi connectivity index (χ2v) is 8.73. The van der Waals surface area contributed by atoms with Crippen LogP contribution in [-0.4, -0.2) is 0 Å². The molecule has 0 bridgehead atoms. The molecule has 0 radical (unpaired) electrons. The summed E-state index contributed by atoms with van der Waals surface area (Å²) in [7, 11) is 0. The van der Waals surface area contributed by atoms with E-state index >= 15 is 0 Å². The molecular weight excluding hydrogens is 462 g/mol.